The van der Waals surface area contributed by atoms with Crippen molar-refractivity contribution in [3.05, 3.63) is 64.7 Å². The molecule has 2 aromatic carbocycles. The van der Waals surface area contributed by atoms with Crippen molar-refractivity contribution >= 4 is 10.9 Å². The van der Waals surface area contributed by atoms with Crippen molar-refractivity contribution in [2.45, 2.75) is 70.9 Å². The summed E-state index contributed by atoms with van der Waals surface area (Å²) in [6.07, 6.45) is 5.08. The van der Waals surface area contributed by atoms with Gasteiger partial charge in [0.1, 0.15) is 0 Å². The molecule has 1 saturated carbocycles. The van der Waals surface area contributed by atoms with E-state index in [9.17, 15) is 4.79 Å². The Morgan fingerprint density at radius 2 is 1.73 bits per heavy atom. The molecule has 4 nitrogen and oxygen atoms in total. The molecule has 1 heterocycles. The van der Waals surface area contributed by atoms with Crippen LogP contribution in [0.25, 0.3) is 0 Å². The van der Waals surface area contributed by atoms with E-state index in [-0.39, 0.29) is 11.4 Å². The summed E-state index contributed by atoms with van der Waals surface area (Å²) in [5.74, 6) is 0.398. The summed E-state index contributed by atoms with van der Waals surface area (Å²) >= 11 is -0.618. The van der Waals surface area contributed by atoms with E-state index in [4.69, 9.17) is 4.74 Å². The number of carbonyl (C=O) groups excluding carboxylic acids is 1. The first-order valence-electron chi connectivity index (χ1n) is 10.7. The van der Waals surface area contributed by atoms with Gasteiger partial charge in [0.15, 0.2) is 0 Å². The molecule has 2 atom stereocenters. The summed E-state index contributed by atoms with van der Waals surface area (Å²) in [7, 11) is 0. The number of ether oxygens (including phenoxy) is 1. The van der Waals surface area contributed by atoms with E-state index < -0.39 is 13.7 Å². The molecule has 2 aliphatic rings. The van der Waals surface area contributed by atoms with Crippen molar-refractivity contribution in [1.29, 1.82) is 0 Å². The second-order valence-electron chi connectivity index (χ2n) is 8.88. The van der Waals surface area contributed by atoms with E-state index in [2.05, 4.69) is 70.9 Å². The molecule has 0 radical (unpaired) electrons. The Morgan fingerprint density at radius 3 is 2.33 bits per heavy atom. The van der Waals surface area contributed by atoms with Gasteiger partial charge in [0.2, 0.25) is 0 Å². The molecule has 1 saturated heterocycles. The van der Waals surface area contributed by atoms with Crippen LogP contribution in [0.3, 0.4) is 0 Å². The van der Waals surface area contributed by atoms with Crippen molar-refractivity contribution in [2.75, 3.05) is 0 Å². The number of nitrogens with one attached hydrogen (secondary N) is 2. The zero-order chi connectivity index (χ0) is 21.3. The van der Waals surface area contributed by atoms with E-state index in [1.54, 1.807) is 0 Å². The normalized spacial score (nSPS) is 22.5. The molecular formula is C25H32CoN2O2. The number of rotatable bonds is 4. The quantitative estimate of drug-likeness (QED) is 0.536. The Balaban J connectivity index is 1.79. The van der Waals surface area contributed by atoms with Crippen LogP contribution in [-0.4, -0.2) is 23.0 Å². The molecule has 0 aromatic heterocycles. The minimum absolute atomic E-state index is 0.285. The molecule has 0 amide bonds. The average Bonchev–Trinajstić information content (AvgIpc) is 3.12. The Kier molecular flexibility index (Phi) is 6.25. The monoisotopic (exact) mass is 451 g/mol. The summed E-state index contributed by atoms with van der Waals surface area (Å²) in [5.41, 5.74) is 4.11. The molecule has 1 aliphatic heterocycles. The minimum atomic E-state index is -0.618. The van der Waals surface area contributed by atoms with Crippen LogP contribution in [0.4, 0.5) is 0 Å². The van der Waals surface area contributed by atoms with Crippen molar-refractivity contribution in [2.24, 2.45) is 0 Å². The van der Waals surface area contributed by atoms with Crippen LogP contribution >= 0.6 is 0 Å². The fraction of sp³-hybridized carbons (Fsp3) is 0.440. The van der Waals surface area contributed by atoms with Crippen molar-refractivity contribution in [3.8, 4) is 5.75 Å². The Hall–Kier alpha value is -1.79. The van der Waals surface area contributed by atoms with Crippen LogP contribution in [0.2, 0.25) is 0 Å². The fourth-order valence-electron chi connectivity index (χ4n) is 4.42. The first-order valence-corrected chi connectivity index (χ1v) is 12.4. The van der Waals surface area contributed by atoms with Crippen molar-refractivity contribution in [3.63, 3.8) is 0 Å². The van der Waals surface area contributed by atoms with Gasteiger partial charge in [-0.2, -0.15) is 0 Å². The number of hydrogen-bond donors (Lipinski definition) is 2. The molecule has 30 heavy (non-hydrogen) atoms. The molecule has 5 heteroatoms. The van der Waals surface area contributed by atoms with E-state index in [0.717, 1.165) is 11.1 Å². The number of hydrogen-bond acceptors (Lipinski definition) is 4. The van der Waals surface area contributed by atoms with Gasteiger partial charge in [-0.25, -0.2) is 0 Å². The van der Waals surface area contributed by atoms with Gasteiger partial charge >= 0.3 is 184 Å². The maximum atomic E-state index is 12.0. The van der Waals surface area contributed by atoms with Gasteiger partial charge in [-0.05, 0) is 0 Å². The fourth-order valence-corrected chi connectivity index (χ4v) is 6.78. The second kappa shape index (κ2) is 8.75. The summed E-state index contributed by atoms with van der Waals surface area (Å²) in [4.78, 5) is 14.3. The number of fused-ring (bicyclic) bond motifs is 1. The summed E-state index contributed by atoms with van der Waals surface area (Å²) in [6.45, 7) is 7.98. The van der Waals surface area contributed by atoms with E-state index in [1.165, 1.54) is 43.7 Å². The van der Waals surface area contributed by atoms with E-state index in [0.29, 0.717) is 17.8 Å². The van der Waals surface area contributed by atoms with Crippen molar-refractivity contribution < 1.29 is 23.2 Å². The van der Waals surface area contributed by atoms with E-state index >= 15 is 0 Å². The number of carbonyl (C=O) groups is 1. The molecular weight excluding hydrogens is 419 g/mol. The first kappa shape index (κ1) is 21.4. The maximum absolute atomic E-state index is 12.0. The number of aryl methyl sites for hydroxylation is 1. The standard InChI is InChI=1S/C19H20O2.C6H12N2.Co/c1-13-11-14(2)18(21-15(3)20)17(12-13)19(4,5)16-9-7-6-8-10-16;7-5-3-1-2-4-6(5)8;/h2,6-12H,1,3-5H3;5-8H,1-4H2;/q;-2;+2. The van der Waals surface area contributed by atoms with Crippen LogP contribution in [0, 0.1) is 6.92 Å². The molecule has 163 valence electrons. The third-order valence-electron chi connectivity index (χ3n) is 6.10. The first-order chi connectivity index (χ1) is 14.3. The SMILES string of the molecule is CC(=O)Oc1c([CH]=[Co]2[NH]C3CCCCC3[NH]2)cc(C)cc1C(C)(C)c1ccccc1. The Bertz CT molecular complexity index is 953. The number of benzene rings is 2. The molecule has 2 unspecified atom stereocenters. The van der Waals surface area contributed by atoms with Crippen LogP contribution in [0.1, 0.15) is 68.7 Å². The van der Waals surface area contributed by atoms with Gasteiger partial charge in [-0.15, -0.1) is 0 Å². The van der Waals surface area contributed by atoms with Gasteiger partial charge in [0.05, 0.1) is 0 Å². The average molecular weight is 451 g/mol. The molecule has 4 rings (SSSR count). The summed E-state index contributed by atoms with van der Waals surface area (Å²) < 4.78 is 13.4. The van der Waals surface area contributed by atoms with Crippen LogP contribution < -0.4 is 13.5 Å². The van der Waals surface area contributed by atoms with Gasteiger partial charge in [-0.3, -0.25) is 0 Å². The zero-order valence-corrected chi connectivity index (χ0v) is 19.3. The Labute approximate surface area is 184 Å². The molecule has 2 aromatic rings. The third kappa shape index (κ3) is 4.44. The number of esters is 1. The predicted molar refractivity (Wildman–Crippen MR) is 119 cm³/mol. The van der Waals surface area contributed by atoms with Crippen molar-refractivity contribution in [1.82, 2.24) is 8.73 Å². The van der Waals surface area contributed by atoms with Gasteiger partial charge in [0, 0.05) is 0 Å². The van der Waals surface area contributed by atoms with Crippen LogP contribution in [-0.2, 0) is 23.9 Å². The van der Waals surface area contributed by atoms with E-state index in [1.807, 2.05) is 6.07 Å². The molecule has 0 bridgehead atoms. The molecule has 1 aliphatic carbocycles. The van der Waals surface area contributed by atoms with Crippen LogP contribution in [0.15, 0.2) is 42.5 Å². The molecule has 2 N–H and O–H groups in total. The molecule has 2 fully saturated rings. The molecule has 0 spiro atoms. The Morgan fingerprint density at radius 1 is 1.10 bits per heavy atom. The van der Waals surface area contributed by atoms with Gasteiger partial charge < -0.3 is 0 Å². The topological polar surface area (TPSA) is 50.4 Å². The summed E-state index contributed by atoms with van der Waals surface area (Å²) in [5, 5.41) is 0. The summed E-state index contributed by atoms with van der Waals surface area (Å²) in [6, 6.07) is 15.8. The third-order valence-corrected chi connectivity index (χ3v) is 8.14. The zero-order valence-electron chi connectivity index (χ0n) is 18.3. The second-order valence-corrected chi connectivity index (χ2v) is 10.6. The van der Waals surface area contributed by atoms with Gasteiger partial charge in [0.25, 0.3) is 0 Å². The van der Waals surface area contributed by atoms with Gasteiger partial charge in [-0.1, -0.05) is 0 Å². The predicted octanol–water partition coefficient (Wildman–Crippen LogP) is 4.35. The van der Waals surface area contributed by atoms with Crippen LogP contribution in [0.5, 0.6) is 5.75 Å².